The lowest BCUT2D eigenvalue weighted by molar-refractivity contribution is -0.131. The smallest absolute Gasteiger partial charge is 0.140 e. The van der Waals surface area contributed by atoms with Gasteiger partial charge in [-0.1, -0.05) is 6.42 Å². The molecule has 2 bridgehead atoms. The third-order valence-corrected chi connectivity index (χ3v) is 4.74. The quantitative estimate of drug-likeness (QED) is 0.696. The molecule has 3 fully saturated rings. The molecule has 0 aromatic rings. The van der Waals surface area contributed by atoms with Crippen molar-refractivity contribution in [2.24, 2.45) is 23.7 Å². The average molecular weight is 208 g/mol. The van der Waals surface area contributed by atoms with Gasteiger partial charge in [0, 0.05) is 12.3 Å². The SMILES string of the molecule is O=C1CCOCC1CC1CC2CCC1C2. The van der Waals surface area contributed by atoms with E-state index in [1.807, 2.05) is 0 Å². The molecule has 15 heavy (non-hydrogen) atoms. The highest BCUT2D eigenvalue weighted by Gasteiger charge is 2.41. The standard InChI is InChI=1S/C13H20O2/c14-13-3-4-15-8-12(13)7-11-6-9-1-2-10(11)5-9/h9-12H,1-8H2. The summed E-state index contributed by atoms with van der Waals surface area (Å²) in [6.07, 6.45) is 7.51. The molecular formula is C13H20O2. The Morgan fingerprint density at radius 3 is 2.87 bits per heavy atom. The summed E-state index contributed by atoms with van der Waals surface area (Å²) in [5.74, 6) is 3.50. The summed E-state index contributed by atoms with van der Waals surface area (Å²) >= 11 is 0. The monoisotopic (exact) mass is 208 g/mol. The van der Waals surface area contributed by atoms with Crippen LogP contribution in [-0.4, -0.2) is 19.0 Å². The number of hydrogen-bond acceptors (Lipinski definition) is 2. The van der Waals surface area contributed by atoms with E-state index in [0.717, 1.165) is 24.2 Å². The number of Topliss-reactive ketones (excluding diaryl/α,β-unsaturated/α-hetero) is 1. The Morgan fingerprint density at radius 1 is 1.27 bits per heavy atom. The second kappa shape index (κ2) is 3.89. The fourth-order valence-electron chi connectivity index (χ4n) is 3.93. The summed E-state index contributed by atoms with van der Waals surface area (Å²) in [7, 11) is 0. The summed E-state index contributed by atoms with van der Waals surface area (Å²) in [5.41, 5.74) is 0. The summed E-state index contributed by atoms with van der Waals surface area (Å²) < 4.78 is 5.42. The van der Waals surface area contributed by atoms with E-state index in [1.54, 1.807) is 0 Å². The van der Waals surface area contributed by atoms with Crippen LogP contribution < -0.4 is 0 Å². The predicted octanol–water partition coefficient (Wildman–Crippen LogP) is 2.42. The number of ketones is 1. The second-order valence-electron chi connectivity index (χ2n) is 5.66. The first-order valence-electron chi connectivity index (χ1n) is 6.43. The molecule has 2 heteroatoms. The lowest BCUT2D eigenvalue weighted by atomic mass is 9.80. The van der Waals surface area contributed by atoms with E-state index in [9.17, 15) is 4.79 Å². The van der Waals surface area contributed by atoms with E-state index in [1.165, 1.54) is 25.7 Å². The highest BCUT2D eigenvalue weighted by Crippen LogP contribution is 2.50. The first kappa shape index (κ1) is 9.83. The first-order valence-corrected chi connectivity index (χ1v) is 6.43. The van der Waals surface area contributed by atoms with Gasteiger partial charge in [0.25, 0.3) is 0 Å². The van der Waals surface area contributed by atoms with E-state index < -0.39 is 0 Å². The van der Waals surface area contributed by atoms with Gasteiger partial charge in [0.2, 0.25) is 0 Å². The molecule has 0 N–H and O–H groups in total. The molecule has 4 atom stereocenters. The number of fused-ring (bicyclic) bond motifs is 2. The predicted molar refractivity (Wildman–Crippen MR) is 57.5 cm³/mol. The minimum Gasteiger partial charge on any atom is -0.380 e. The van der Waals surface area contributed by atoms with E-state index in [-0.39, 0.29) is 5.92 Å². The van der Waals surface area contributed by atoms with Crippen LogP contribution in [-0.2, 0) is 9.53 Å². The maximum Gasteiger partial charge on any atom is 0.140 e. The lowest BCUT2D eigenvalue weighted by Gasteiger charge is -2.28. The van der Waals surface area contributed by atoms with Crippen LogP contribution >= 0.6 is 0 Å². The molecule has 3 aliphatic rings. The summed E-state index contributed by atoms with van der Waals surface area (Å²) in [6, 6.07) is 0. The van der Waals surface area contributed by atoms with Gasteiger partial charge < -0.3 is 4.74 Å². The number of hydrogen-bond donors (Lipinski definition) is 0. The van der Waals surface area contributed by atoms with Crippen LogP contribution in [0.4, 0.5) is 0 Å². The van der Waals surface area contributed by atoms with Gasteiger partial charge in [0.15, 0.2) is 0 Å². The molecule has 0 aromatic carbocycles. The highest BCUT2D eigenvalue weighted by molar-refractivity contribution is 5.81. The topological polar surface area (TPSA) is 26.3 Å². The van der Waals surface area contributed by atoms with Crippen molar-refractivity contribution in [2.75, 3.05) is 13.2 Å². The summed E-state index contributed by atoms with van der Waals surface area (Å²) in [6.45, 7) is 1.36. The van der Waals surface area contributed by atoms with Gasteiger partial charge in [-0.15, -0.1) is 0 Å². The molecule has 3 rings (SSSR count). The molecule has 1 saturated heterocycles. The van der Waals surface area contributed by atoms with Crippen molar-refractivity contribution in [3.63, 3.8) is 0 Å². The number of ether oxygens (including phenoxy) is 1. The molecule has 2 saturated carbocycles. The molecule has 1 heterocycles. The Bertz CT molecular complexity index is 261. The third kappa shape index (κ3) is 1.84. The van der Waals surface area contributed by atoms with Gasteiger partial charge in [-0.2, -0.15) is 0 Å². The second-order valence-corrected chi connectivity index (χ2v) is 5.66. The van der Waals surface area contributed by atoms with Crippen molar-refractivity contribution in [3.8, 4) is 0 Å². The molecule has 0 amide bonds. The fourth-order valence-corrected chi connectivity index (χ4v) is 3.93. The Kier molecular flexibility index (Phi) is 2.55. The number of carbonyl (C=O) groups is 1. The van der Waals surface area contributed by atoms with E-state index in [2.05, 4.69) is 0 Å². The maximum absolute atomic E-state index is 11.7. The van der Waals surface area contributed by atoms with Crippen molar-refractivity contribution in [2.45, 2.75) is 38.5 Å². The number of carbonyl (C=O) groups excluding carboxylic acids is 1. The van der Waals surface area contributed by atoms with Crippen LogP contribution in [0.3, 0.4) is 0 Å². The van der Waals surface area contributed by atoms with Gasteiger partial charge >= 0.3 is 0 Å². The maximum atomic E-state index is 11.7. The first-order chi connectivity index (χ1) is 7.33. The largest absolute Gasteiger partial charge is 0.380 e. The lowest BCUT2D eigenvalue weighted by Crippen LogP contribution is -2.30. The minimum atomic E-state index is 0.239. The molecule has 0 radical (unpaired) electrons. The average Bonchev–Trinajstić information content (AvgIpc) is 2.83. The van der Waals surface area contributed by atoms with Crippen LogP contribution in [0.15, 0.2) is 0 Å². The zero-order valence-electron chi connectivity index (χ0n) is 9.28. The molecule has 2 aliphatic carbocycles. The Balaban J connectivity index is 1.58. The molecular weight excluding hydrogens is 188 g/mol. The molecule has 1 aliphatic heterocycles. The summed E-state index contributed by atoms with van der Waals surface area (Å²) in [5, 5.41) is 0. The van der Waals surface area contributed by atoms with Crippen molar-refractivity contribution in [1.82, 2.24) is 0 Å². The summed E-state index contributed by atoms with van der Waals surface area (Å²) in [4.78, 5) is 11.7. The molecule has 0 aromatic heterocycles. The Morgan fingerprint density at radius 2 is 2.20 bits per heavy atom. The van der Waals surface area contributed by atoms with Gasteiger partial charge in [-0.3, -0.25) is 4.79 Å². The van der Waals surface area contributed by atoms with Crippen LogP contribution in [0.2, 0.25) is 0 Å². The van der Waals surface area contributed by atoms with Crippen molar-refractivity contribution in [1.29, 1.82) is 0 Å². The van der Waals surface area contributed by atoms with Crippen LogP contribution in [0, 0.1) is 23.7 Å². The molecule has 0 spiro atoms. The van der Waals surface area contributed by atoms with E-state index >= 15 is 0 Å². The van der Waals surface area contributed by atoms with E-state index in [0.29, 0.717) is 25.4 Å². The van der Waals surface area contributed by atoms with Gasteiger partial charge in [0.05, 0.1) is 13.2 Å². The van der Waals surface area contributed by atoms with Crippen molar-refractivity contribution in [3.05, 3.63) is 0 Å². The van der Waals surface area contributed by atoms with Crippen molar-refractivity contribution < 1.29 is 9.53 Å². The molecule has 84 valence electrons. The molecule has 4 unspecified atom stereocenters. The van der Waals surface area contributed by atoms with Crippen LogP contribution in [0.25, 0.3) is 0 Å². The highest BCUT2D eigenvalue weighted by atomic mass is 16.5. The van der Waals surface area contributed by atoms with Gasteiger partial charge in [0.1, 0.15) is 5.78 Å². The fraction of sp³-hybridized carbons (Fsp3) is 0.923. The van der Waals surface area contributed by atoms with Crippen molar-refractivity contribution >= 4 is 5.78 Å². The van der Waals surface area contributed by atoms with Gasteiger partial charge in [-0.25, -0.2) is 0 Å². The Labute approximate surface area is 91.4 Å². The Hall–Kier alpha value is -0.370. The number of rotatable bonds is 2. The van der Waals surface area contributed by atoms with Crippen LogP contribution in [0.5, 0.6) is 0 Å². The zero-order valence-corrected chi connectivity index (χ0v) is 9.28. The van der Waals surface area contributed by atoms with Crippen LogP contribution in [0.1, 0.15) is 38.5 Å². The zero-order chi connectivity index (χ0) is 10.3. The third-order valence-electron chi connectivity index (χ3n) is 4.74. The minimum absolute atomic E-state index is 0.239. The van der Waals surface area contributed by atoms with Gasteiger partial charge in [-0.05, 0) is 43.4 Å². The normalized spacial score (nSPS) is 44.9. The molecule has 2 nitrogen and oxygen atoms in total. The van der Waals surface area contributed by atoms with E-state index in [4.69, 9.17) is 4.74 Å².